The first-order chi connectivity index (χ1) is 8.15. The van der Waals surface area contributed by atoms with E-state index in [1.54, 1.807) is 6.07 Å². The molecule has 1 aromatic heterocycles. The number of thiocarbonyl (C=S) groups is 1. The van der Waals surface area contributed by atoms with Crippen LogP contribution in [0.4, 0.5) is 0 Å². The molecule has 0 spiro atoms. The summed E-state index contributed by atoms with van der Waals surface area (Å²) in [5, 5.41) is 0. The quantitative estimate of drug-likeness (QED) is 0.838. The maximum atomic E-state index is 5.89. The molecule has 0 aliphatic heterocycles. The first kappa shape index (κ1) is 12.3. The lowest BCUT2D eigenvalue weighted by Crippen LogP contribution is -2.24. The molecule has 17 heavy (non-hydrogen) atoms. The lowest BCUT2D eigenvalue weighted by Gasteiger charge is -2.26. The van der Waals surface area contributed by atoms with Gasteiger partial charge in [-0.15, -0.1) is 0 Å². The van der Waals surface area contributed by atoms with Gasteiger partial charge in [-0.25, -0.2) is 4.98 Å². The second-order valence-corrected chi connectivity index (χ2v) is 5.18. The van der Waals surface area contributed by atoms with Gasteiger partial charge in [0.2, 0.25) is 5.88 Å². The molecule has 1 aliphatic carbocycles. The van der Waals surface area contributed by atoms with Gasteiger partial charge in [0.25, 0.3) is 0 Å². The monoisotopic (exact) mass is 250 g/mol. The minimum Gasteiger partial charge on any atom is -0.474 e. The number of hydrogen-bond acceptors (Lipinski definition) is 3. The minimum absolute atomic E-state index is 0.285. The molecule has 0 saturated heterocycles. The van der Waals surface area contributed by atoms with E-state index in [9.17, 15) is 0 Å². The Morgan fingerprint density at radius 1 is 1.47 bits per heavy atom. The zero-order chi connectivity index (χ0) is 12.3. The van der Waals surface area contributed by atoms with Crippen molar-refractivity contribution >= 4 is 17.2 Å². The third-order valence-electron chi connectivity index (χ3n) is 3.15. The largest absolute Gasteiger partial charge is 0.474 e. The van der Waals surface area contributed by atoms with Crippen molar-refractivity contribution in [1.82, 2.24) is 4.98 Å². The van der Waals surface area contributed by atoms with Gasteiger partial charge in [0.1, 0.15) is 16.8 Å². The van der Waals surface area contributed by atoms with Crippen molar-refractivity contribution < 1.29 is 4.74 Å². The van der Waals surface area contributed by atoms with E-state index in [1.165, 1.54) is 12.8 Å². The number of pyridine rings is 1. The Labute approximate surface area is 107 Å². The maximum absolute atomic E-state index is 5.89. The van der Waals surface area contributed by atoms with Gasteiger partial charge in [-0.3, -0.25) is 0 Å². The summed E-state index contributed by atoms with van der Waals surface area (Å²) < 4.78 is 5.89. The predicted molar refractivity (Wildman–Crippen MR) is 72.2 cm³/mol. The second kappa shape index (κ2) is 5.45. The third-order valence-corrected chi connectivity index (χ3v) is 3.36. The van der Waals surface area contributed by atoms with Gasteiger partial charge in [-0.1, -0.05) is 31.6 Å². The number of aromatic nitrogens is 1. The summed E-state index contributed by atoms with van der Waals surface area (Å²) in [6.45, 7) is 2.27. The molecular weight excluding hydrogens is 232 g/mol. The molecule has 3 nitrogen and oxygen atoms in total. The van der Waals surface area contributed by atoms with E-state index in [0.29, 0.717) is 16.6 Å². The Morgan fingerprint density at radius 2 is 2.29 bits per heavy atom. The smallest absolute Gasteiger partial charge is 0.214 e. The molecule has 1 heterocycles. The Kier molecular flexibility index (Phi) is 3.94. The van der Waals surface area contributed by atoms with Crippen LogP contribution in [0.3, 0.4) is 0 Å². The van der Waals surface area contributed by atoms with E-state index in [-0.39, 0.29) is 6.10 Å². The van der Waals surface area contributed by atoms with Crippen LogP contribution < -0.4 is 10.5 Å². The lowest BCUT2D eigenvalue weighted by atomic mass is 9.89. The minimum atomic E-state index is 0.285. The first-order valence-corrected chi connectivity index (χ1v) is 6.49. The molecule has 1 saturated carbocycles. The fraction of sp³-hybridized carbons (Fsp3) is 0.538. The number of nitrogens with zero attached hydrogens (tertiary/aromatic N) is 1. The van der Waals surface area contributed by atoms with Gasteiger partial charge in [0, 0.05) is 6.07 Å². The molecule has 0 amide bonds. The second-order valence-electron chi connectivity index (χ2n) is 4.74. The van der Waals surface area contributed by atoms with Gasteiger partial charge >= 0.3 is 0 Å². The highest BCUT2D eigenvalue weighted by molar-refractivity contribution is 7.80. The lowest BCUT2D eigenvalue weighted by molar-refractivity contribution is 0.124. The molecule has 2 rings (SSSR count). The number of rotatable bonds is 3. The summed E-state index contributed by atoms with van der Waals surface area (Å²) in [7, 11) is 0. The first-order valence-electron chi connectivity index (χ1n) is 6.08. The van der Waals surface area contributed by atoms with E-state index in [0.717, 1.165) is 18.8 Å². The van der Waals surface area contributed by atoms with E-state index < -0.39 is 0 Å². The number of ether oxygens (including phenoxy) is 1. The van der Waals surface area contributed by atoms with Crippen LogP contribution in [0.1, 0.15) is 38.3 Å². The molecule has 2 atom stereocenters. The van der Waals surface area contributed by atoms with Crippen molar-refractivity contribution in [3.05, 3.63) is 23.9 Å². The fourth-order valence-electron chi connectivity index (χ4n) is 2.27. The summed E-state index contributed by atoms with van der Waals surface area (Å²) in [6, 6.07) is 5.54. The van der Waals surface area contributed by atoms with Crippen molar-refractivity contribution in [3.63, 3.8) is 0 Å². The Morgan fingerprint density at radius 3 is 3.00 bits per heavy atom. The molecule has 1 fully saturated rings. The van der Waals surface area contributed by atoms with Crippen molar-refractivity contribution in [1.29, 1.82) is 0 Å². The zero-order valence-corrected chi connectivity index (χ0v) is 10.9. The molecule has 4 heteroatoms. The van der Waals surface area contributed by atoms with Crippen LogP contribution in [0.15, 0.2) is 18.2 Å². The summed E-state index contributed by atoms with van der Waals surface area (Å²) >= 11 is 4.90. The van der Waals surface area contributed by atoms with E-state index >= 15 is 0 Å². The van der Waals surface area contributed by atoms with Crippen molar-refractivity contribution in [2.45, 2.75) is 38.7 Å². The average molecular weight is 250 g/mol. The van der Waals surface area contributed by atoms with Crippen LogP contribution >= 0.6 is 12.2 Å². The van der Waals surface area contributed by atoms with Crippen molar-refractivity contribution in [2.75, 3.05) is 0 Å². The van der Waals surface area contributed by atoms with E-state index in [1.807, 2.05) is 12.1 Å². The number of nitrogens with two attached hydrogens (primary N) is 1. The van der Waals surface area contributed by atoms with Gasteiger partial charge in [0.15, 0.2) is 0 Å². The average Bonchev–Trinajstić information content (AvgIpc) is 2.29. The van der Waals surface area contributed by atoms with Gasteiger partial charge in [-0.05, 0) is 31.2 Å². The summed E-state index contributed by atoms with van der Waals surface area (Å²) in [6.07, 6.45) is 5.05. The highest BCUT2D eigenvalue weighted by Crippen LogP contribution is 2.26. The van der Waals surface area contributed by atoms with E-state index in [4.69, 9.17) is 22.7 Å². The molecule has 1 aromatic rings. The third kappa shape index (κ3) is 3.40. The van der Waals surface area contributed by atoms with Crippen LogP contribution in [0, 0.1) is 5.92 Å². The highest BCUT2D eigenvalue weighted by Gasteiger charge is 2.20. The molecule has 0 radical (unpaired) electrons. The Bertz CT molecular complexity index is 408. The topological polar surface area (TPSA) is 48.1 Å². The Balaban J connectivity index is 2.02. The van der Waals surface area contributed by atoms with Crippen LogP contribution in [0.5, 0.6) is 5.88 Å². The molecule has 2 unspecified atom stereocenters. The molecule has 92 valence electrons. The van der Waals surface area contributed by atoms with Crippen LogP contribution in [-0.2, 0) is 0 Å². The van der Waals surface area contributed by atoms with Gasteiger partial charge in [-0.2, -0.15) is 0 Å². The predicted octanol–water partition coefficient (Wildman–Crippen LogP) is 2.67. The molecule has 0 bridgehead atoms. The normalized spacial score (nSPS) is 24.3. The van der Waals surface area contributed by atoms with Gasteiger partial charge < -0.3 is 10.5 Å². The Hall–Kier alpha value is -1.16. The summed E-state index contributed by atoms with van der Waals surface area (Å²) in [5.41, 5.74) is 6.18. The molecular formula is C13H18N2OS. The maximum Gasteiger partial charge on any atom is 0.214 e. The SMILES string of the molecule is CC1CCCC(Oc2cccc(C(N)=S)n2)C1. The fourth-order valence-corrected chi connectivity index (χ4v) is 2.39. The zero-order valence-electron chi connectivity index (χ0n) is 10.1. The van der Waals surface area contributed by atoms with Crippen LogP contribution in [0.25, 0.3) is 0 Å². The molecule has 2 N–H and O–H groups in total. The van der Waals surface area contributed by atoms with Gasteiger partial charge in [0.05, 0.1) is 0 Å². The standard InChI is InChI=1S/C13H18N2OS/c1-9-4-2-5-10(8-9)16-12-7-3-6-11(15-12)13(14)17/h3,6-7,9-10H,2,4-5,8H2,1H3,(H2,14,17). The molecule has 1 aliphatic rings. The number of hydrogen-bond donors (Lipinski definition) is 1. The highest BCUT2D eigenvalue weighted by atomic mass is 32.1. The van der Waals surface area contributed by atoms with Crippen LogP contribution in [-0.4, -0.2) is 16.1 Å². The van der Waals surface area contributed by atoms with E-state index in [2.05, 4.69) is 11.9 Å². The molecule has 0 aromatic carbocycles. The van der Waals surface area contributed by atoms with Crippen molar-refractivity contribution in [2.24, 2.45) is 11.7 Å². The summed E-state index contributed by atoms with van der Waals surface area (Å²) in [5.74, 6) is 1.38. The summed E-state index contributed by atoms with van der Waals surface area (Å²) in [4.78, 5) is 4.62. The van der Waals surface area contributed by atoms with Crippen LogP contribution in [0.2, 0.25) is 0 Å². The van der Waals surface area contributed by atoms with Crippen molar-refractivity contribution in [3.8, 4) is 5.88 Å².